The molecule has 0 bridgehead atoms. The maximum Gasteiger partial charge on any atom is 0.0606 e. The Morgan fingerprint density at radius 2 is 1.84 bits per heavy atom. The molecular formula is C16H20N2O. The molecule has 0 fully saturated rings. The fourth-order valence-electron chi connectivity index (χ4n) is 2.05. The number of aliphatic hydroxyl groups excluding tert-OH is 1. The van der Waals surface area contributed by atoms with Crippen molar-refractivity contribution in [2.24, 2.45) is 0 Å². The van der Waals surface area contributed by atoms with Crippen molar-refractivity contribution in [3.05, 3.63) is 59.7 Å². The van der Waals surface area contributed by atoms with Crippen molar-refractivity contribution in [1.29, 1.82) is 0 Å². The van der Waals surface area contributed by atoms with Crippen LogP contribution in [0.25, 0.3) is 0 Å². The summed E-state index contributed by atoms with van der Waals surface area (Å²) in [6, 6.07) is 16.2. The van der Waals surface area contributed by atoms with Crippen molar-refractivity contribution in [2.45, 2.75) is 13.5 Å². The van der Waals surface area contributed by atoms with E-state index < -0.39 is 0 Å². The van der Waals surface area contributed by atoms with Gasteiger partial charge in [-0.05, 0) is 30.2 Å². The molecule has 0 heterocycles. The van der Waals surface area contributed by atoms with Crippen LogP contribution in [0, 0.1) is 6.92 Å². The van der Waals surface area contributed by atoms with E-state index in [4.69, 9.17) is 5.73 Å². The van der Waals surface area contributed by atoms with Crippen LogP contribution < -0.4 is 10.6 Å². The first-order valence-electron chi connectivity index (χ1n) is 6.46. The van der Waals surface area contributed by atoms with E-state index in [1.165, 1.54) is 5.56 Å². The third kappa shape index (κ3) is 3.48. The first kappa shape index (κ1) is 13.4. The normalized spacial score (nSPS) is 10.4. The highest BCUT2D eigenvalue weighted by Gasteiger charge is 2.08. The van der Waals surface area contributed by atoms with E-state index in [-0.39, 0.29) is 6.61 Å². The van der Waals surface area contributed by atoms with Crippen LogP contribution in [-0.2, 0) is 6.54 Å². The molecule has 2 aromatic carbocycles. The molecule has 2 rings (SSSR count). The molecule has 0 aliphatic carbocycles. The predicted molar refractivity (Wildman–Crippen MR) is 80.2 cm³/mol. The molecule has 0 spiro atoms. The second kappa shape index (κ2) is 6.25. The molecule has 0 radical (unpaired) electrons. The number of nitrogen functional groups attached to an aromatic ring is 1. The molecule has 3 nitrogen and oxygen atoms in total. The van der Waals surface area contributed by atoms with E-state index in [0.29, 0.717) is 6.54 Å². The Morgan fingerprint density at radius 3 is 2.47 bits per heavy atom. The van der Waals surface area contributed by atoms with Crippen LogP contribution in [0.3, 0.4) is 0 Å². The van der Waals surface area contributed by atoms with Crippen molar-refractivity contribution in [3.8, 4) is 0 Å². The standard InChI is InChI=1S/C16H20N2O/c1-13-7-8-15(11-16(13)17)18(9-10-19)12-14-5-3-2-4-6-14/h2-8,11,19H,9-10,12,17H2,1H3. The first-order chi connectivity index (χ1) is 9.20. The average Bonchev–Trinajstić information content (AvgIpc) is 2.43. The lowest BCUT2D eigenvalue weighted by atomic mass is 10.1. The van der Waals surface area contributed by atoms with Crippen LogP contribution in [0.2, 0.25) is 0 Å². The number of aryl methyl sites for hydroxylation is 1. The van der Waals surface area contributed by atoms with Gasteiger partial charge in [0, 0.05) is 24.5 Å². The fraction of sp³-hybridized carbons (Fsp3) is 0.250. The number of aliphatic hydroxyl groups is 1. The zero-order valence-corrected chi connectivity index (χ0v) is 11.2. The van der Waals surface area contributed by atoms with Crippen molar-refractivity contribution >= 4 is 11.4 Å². The molecule has 2 aromatic rings. The molecule has 3 heteroatoms. The van der Waals surface area contributed by atoms with Crippen LogP contribution in [0.5, 0.6) is 0 Å². The van der Waals surface area contributed by atoms with Crippen LogP contribution in [-0.4, -0.2) is 18.3 Å². The molecule has 0 atom stereocenters. The zero-order chi connectivity index (χ0) is 13.7. The summed E-state index contributed by atoms with van der Waals surface area (Å²) in [5.41, 5.74) is 10.1. The van der Waals surface area contributed by atoms with Gasteiger partial charge in [0.05, 0.1) is 6.61 Å². The second-order valence-electron chi connectivity index (χ2n) is 4.67. The van der Waals surface area contributed by atoms with Crippen molar-refractivity contribution in [2.75, 3.05) is 23.8 Å². The topological polar surface area (TPSA) is 49.5 Å². The van der Waals surface area contributed by atoms with Gasteiger partial charge in [-0.25, -0.2) is 0 Å². The summed E-state index contributed by atoms with van der Waals surface area (Å²) < 4.78 is 0. The van der Waals surface area contributed by atoms with Gasteiger partial charge >= 0.3 is 0 Å². The average molecular weight is 256 g/mol. The van der Waals surface area contributed by atoms with E-state index >= 15 is 0 Å². The minimum atomic E-state index is 0.126. The van der Waals surface area contributed by atoms with Crippen LogP contribution in [0.15, 0.2) is 48.5 Å². The Hall–Kier alpha value is -2.00. The number of rotatable bonds is 5. The molecule has 100 valence electrons. The Bertz CT molecular complexity index is 526. The summed E-state index contributed by atoms with van der Waals surface area (Å²) in [6.07, 6.45) is 0. The van der Waals surface area contributed by atoms with Crippen LogP contribution in [0.1, 0.15) is 11.1 Å². The Balaban J connectivity index is 2.21. The third-order valence-corrected chi connectivity index (χ3v) is 3.21. The summed E-state index contributed by atoms with van der Waals surface area (Å²) in [7, 11) is 0. The van der Waals surface area contributed by atoms with Gasteiger partial charge < -0.3 is 15.7 Å². The quantitative estimate of drug-likeness (QED) is 0.808. The molecule has 0 saturated heterocycles. The SMILES string of the molecule is Cc1ccc(N(CCO)Cc2ccccc2)cc1N. The van der Waals surface area contributed by atoms with E-state index in [0.717, 1.165) is 23.5 Å². The van der Waals surface area contributed by atoms with Gasteiger partial charge in [0.2, 0.25) is 0 Å². The van der Waals surface area contributed by atoms with E-state index in [1.807, 2.05) is 43.3 Å². The molecule has 0 saturated carbocycles. The minimum absolute atomic E-state index is 0.126. The summed E-state index contributed by atoms with van der Waals surface area (Å²) in [5.74, 6) is 0. The van der Waals surface area contributed by atoms with Gasteiger partial charge in [-0.3, -0.25) is 0 Å². The monoisotopic (exact) mass is 256 g/mol. The maximum absolute atomic E-state index is 9.23. The second-order valence-corrected chi connectivity index (χ2v) is 4.67. The Morgan fingerprint density at radius 1 is 1.11 bits per heavy atom. The van der Waals surface area contributed by atoms with Gasteiger partial charge in [-0.15, -0.1) is 0 Å². The fourth-order valence-corrected chi connectivity index (χ4v) is 2.05. The summed E-state index contributed by atoms with van der Waals surface area (Å²) >= 11 is 0. The van der Waals surface area contributed by atoms with Gasteiger partial charge in [-0.2, -0.15) is 0 Å². The summed E-state index contributed by atoms with van der Waals surface area (Å²) in [6.45, 7) is 3.48. The number of anilines is 2. The van der Waals surface area contributed by atoms with E-state index in [9.17, 15) is 5.11 Å². The highest BCUT2D eigenvalue weighted by Crippen LogP contribution is 2.22. The lowest BCUT2D eigenvalue weighted by Gasteiger charge is -2.24. The van der Waals surface area contributed by atoms with Gasteiger partial charge in [0.1, 0.15) is 0 Å². The van der Waals surface area contributed by atoms with Gasteiger partial charge in [-0.1, -0.05) is 36.4 Å². The van der Waals surface area contributed by atoms with Crippen LogP contribution >= 0.6 is 0 Å². The largest absolute Gasteiger partial charge is 0.398 e. The molecule has 19 heavy (non-hydrogen) atoms. The van der Waals surface area contributed by atoms with Gasteiger partial charge in [0.15, 0.2) is 0 Å². The lowest BCUT2D eigenvalue weighted by molar-refractivity contribution is 0.301. The summed E-state index contributed by atoms with van der Waals surface area (Å²) in [5, 5.41) is 9.23. The molecule has 3 N–H and O–H groups in total. The number of nitrogens with zero attached hydrogens (tertiary/aromatic N) is 1. The van der Waals surface area contributed by atoms with Crippen LogP contribution in [0.4, 0.5) is 11.4 Å². The molecule has 0 aliphatic heterocycles. The molecular weight excluding hydrogens is 236 g/mol. The zero-order valence-electron chi connectivity index (χ0n) is 11.2. The number of nitrogens with two attached hydrogens (primary N) is 1. The molecule has 0 aromatic heterocycles. The number of hydrogen-bond donors (Lipinski definition) is 2. The van der Waals surface area contributed by atoms with E-state index in [1.54, 1.807) is 0 Å². The van der Waals surface area contributed by atoms with Gasteiger partial charge in [0.25, 0.3) is 0 Å². The van der Waals surface area contributed by atoms with Crippen molar-refractivity contribution in [3.63, 3.8) is 0 Å². The Labute approximate surface area is 114 Å². The molecule has 0 amide bonds. The highest BCUT2D eigenvalue weighted by atomic mass is 16.3. The molecule has 0 unspecified atom stereocenters. The summed E-state index contributed by atoms with van der Waals surface area (Å²) in [4.78, 5) is 2.13. The first-order valence-corrected chi connectivity index (χ1v) is 6.46. The predicted octanol–water partition coefficient (Wildman–Crippen LogP) is 2.58. The Kier molecular flexibility index (Phi) is 4.42. The third-order valence-electron chi connectivity index (χ3n) is 3.21. The molecule has 0 aliphatic rings. The number of hydrogen-bond acceptors (Lipinski definition) is 3. The minimum Gasteiger partial charge on any atom is -0.398 e. The highest BCUT2D eigenvalue weighted by molar-refractivity contribution is 5.59. The van der Waals surface area contributed by atoms with Crippen molar-refractivity contribution in [1.82, 2.24) is 0 Å². The van der Waals surface area contributed by atoms with E-state index in [2.05, 4.69) is 17.0 Å². The number of benzene rings is 2. The maximum atomic E-state index is 9.23. The lowest BCUT2D eigenvalue weighted by Crippen LogP contribution is -2.26. The smallest absolute Gasteiger partial charge is 0.0606 e. The van der Waals surface area contributed by atoms with Crippen molar-refractivity contribution < 1.29 is 5.11 Å².